The van der Waals surface area contributed by atoms with Crippen molar-refractivity contribution in [2.45, 2.75) is 12.3 Å². The fourth-order valence-electron chi connectivity index (χ4n) is 2.11. The van der Waals surface area contributed by atoms with Crippen molar-refractivity contribution < 1.29 is 14.0 Å². The highest BCUT2D eigenvalue weighted by Crippen LogP contribution is 2.32. The lowest BCUT2D eigenvalue weighted by Crippen LogP contribution is -2.37. The van der Waals surface area contributed by atoms with E-state index in [-0.39, 0.29) is 30.6 Å². The summed E-state index contributed by atoms with van der Waals surface area (Å²) in [6, 6.07) is 4.08. The fraction of sp³-hybridized carbons (Fsp3) is 0.385. The molecule has 7 heteroatoms. The van der Waals surface area contributed by atoms with Crippen LogP contribution < -0.4 is 16.0 Å². The van der Waals surface area contributed by atoms with Crippen molar-refractivity contribution in [3.8, 4) is 0 Å². The number of benzene rings is 1. The quantitative estimate of drug-likeness (QED) is 0.727. The number of fused-ring (bicyclic) bond motifs is 1. The first-order chi connectivity index (χ1) is 9.11. The maximum Gasteiger partial charge on any atom is 0.228 e. The zero-order valence-corrected chi connectivity index (χ0v) is 11.8. The van der Waals surface area contributed by atoms with Crippen molar-refractivity contribution >= 4 is 29.9 Å². The molecular weight excluding hydrogens is 285 g/mol. The molecule has 0 bridgehead atoms. The number of carbonyl (C=O) groups is 2. The molecule has 1 aliphatic heterocycles. The van der Waals surface area contributed by atoms with Gasteiger partial charge in [0.15, 0.2) is 0 Å². The lowest BCUT2D eigenvalue weighted by molar-refractivity contribution is -0.126. The van der Waals surface area contributed by atoms with Gasteiger partial charge in [-0.15, -0.1) is 12.4 Å². The van der Waals surface area contributed by atoms with Crippen LogP contribution in [0.3, 0.4) is 0 Å². The molecule has 0 fully saturated rings. The zero-order valence-electron chi connectivity index (χ0n) is 11.0. The third-order valence-corrected chi connectivity index (χ3v) is 3.05. The van der Waals surface area contributed by atoms with Crippen LogP contribution in [-0.2, 0) is 9.59 Å². The summed E-state index contributed by atoms with van der Waals surface area (Å²) in [7, 11) is 1.79. The maximum atomic E-state index is 13.1. The summed E-state index contributed by atoms with van der Waals surface area (Å²) in [6.45, 7) is 1.14. The van der Waals surface area contributed by atoms with Gasteiger partial charge >= 0.3 is 0 Å². The molecule has 0 saturated carbocycles. The Bertz CT molecular complexity index is 510. The number of anilines is 1. The number of hydrogen-bond donors (Lipinski definition) is 3. The Hall–Kier alpha value is -1.66. The first-order valence-corrected chi connectivity index (χ1v) is 6.13. The molecule has 0 spiro atoms. The molecule has 1 atom stereocenters. The standard InChI is InChI=1S/C13H16FN3O2.ClH/c1-15-4-5-16-13(19)10-7-12(18)17-11-6-8(14)2-3-9(10)11;/h2-3,6,10,15H,4-5,7H2,1H3,(H,16,19)(H,17,18);1H. The summed E-state index contributed by atoms with van der Waals surface area (Å²) in [5.41, 5.74) is 1.04. The van der Waals surface area contributed by atoms with Gasteiger partial charge in [0.25, 0.3) is 0 Å². The van der Waals surface area contributed by atoms with E-state index >= 15 is 0 Å². The van der Waals surface area contributed by atoms with Crippen molar-refractivity contribution in [3.63, 3.8) is 0 Å². The predicted octanol–water partition coefficient (Wildman–Crippen LogP) is 1.01. The topological polar surface area (TPSA) is 70.2 Å². The molecule has 1 unspecified atom stereocenters. The van der Waals surface area contributed by atoms with E-state index in [2.05, 4.69) is 16.0 Å². The number of amides is 2. The smallest absolute Gasteiger partial charge is 0.228 e. The van der Waals surface area contributed by atoms with E-state index in [4.69, 9.17) is 0 Å². The van der Waals surface area contributed by atoms with Crippen LogP contribution in [0.15, 0.2) is 18.2 Å². The minimum absolute atomic E-state index is 0. The molecule has 3 N–H and O–H groups in total. The van der Waals surface area contributed by atoms with Gasteiger partial charge in [0.05, 0.1) is 5.92 Å². The first kappa shape index (κ1) is 16.4. The average molecular weight is 302 g/mol. The molecule has 0 aliphatic carbocycles. The number of likely N-dealkylation sites (N-methyl/N-ethyl adjacent to an activating group) is 1. The van der Waals surface area contributed by atoms with Gasteiger partial charge in [-0.2, -0.15) is 0 Å². The Morgan fingerprint density at radius 3 is 2.90 bits per heavy atom. The van der Waals surface area contributed by atoms with Gasteiger partial charge in [-0.1, -0.05) is 6.07 Å². The van der Waals surface area contributed by atoms with E-state index in [0.717, 1.165) is 0 Å². The average Bonchev–Trinajstić information content (AvgIpc) is 2.37. The third-order valence-electron chi connectivity index (χ3n) is 3.05. The summed E-state index contributed by atoms with van der Waals surface area (Å²) in [6.07, 6.45) is 0.0873. The van der Waals surface area contributed by atoms with E-state index in [1.165, 1.54) is 12.1 Å². The Labute approximate surface area is 122 Å². The zero-order chi connectivity index (χ0) is 13.8. The van der Waals surface area contributed by atoms with Crippen LogP contribution >= 0.6 is 12.4 Å². The van der Waals surface area contributed by atoms with Gasteiger partial charge in [-0.3, -0.25) is 9.59 Å². The summed E-state index contributed by atoms with van der Waals surface area (Å²) < 4.78 is 13.1. The van der Waals surface area contributed by atoms with Gasteiger partial charge in [-0.25, -0.2) is 4.39 Å². The molecule has 1 heterocycles. The fourth-order valence-corrected chi connectivity index (χ4v) is 2.11. The molecule has 5 nitrogen and oxygen atoms in total. The molecule has 2 rings (SSSR count). The Morgan fingerprint density at radius 2 is 2.20 bits per heavy atom. The second kappa shape index (κ2) is 7.21. The number of hydrogen-bond acceptors (Lipinski definition) is 3. The van der Waals surface area contributed by atoms with Crippen molar-refractivity contribution in [2.75, 3.05) is 25.5 Å². The molecule has 20 heavy (non-hydrogen) atoms. The van der Waals surface area contributed by atoms with Crippen molar-refractivity contribution in [3.05, 3.63) is 29.6 Å². The van der Waals surface area contributed by atoms with Crippen molar-refractivity contribution in [1.29, 1.82) is 0 Å². The van der Waals surface area contributed by atoms with E-state index < -0.39 is 11.7 Å². The monoisotopic (exact) mass is 301 g/mol. The molecule has 2 amide bonds. The molecule has 0 radical (unpaired) electrons. The van der Waals surface area contributed by atoms with Crippen LogP contribution in [0, 0.1) is 5.82 Å². The minimum Gasteiger partial charge on any atom is -0.354 e. The maximum absolute atomic E-state index is 13.1. The van der Waals surface area contributed by atoms with Crippen LogP contribution in [0.2, 0.25) is 0 Å². The summed E-state index contributed by atoms with van der Waals surface area (Å²) in [5, 5.41) is 8.25. The van der Waals surface area contributed by atoms with E-state index in [1.807, 2.05) is 0 Å². The molecule has 1 aromatic carbocycles. The number of rotatable bonds is 4. The van der Waals surface area contributed by atoms with E-state index in [0.29, 0.717) is 24.3 Å². The minimum atomic E-state index is -0.554. The highest BCUT2D eigenvalue weighted by molar-refractivity contribution is 6.01. The highest BCUT2D eigenvalue weighted by Gasteiger charge is 2.30. The normalized spacial score (nSPS) is 16.7. The Morgan fingerprint density at radius 1 is 1.45 bits per heavy atom. The van der Waals surface area contributed by atoms with Gasteiger partial charge in [-0.05, 0) is 24.7 Å². The molecule has 1 aromatic rings. The van der Waals surface area contributed by atoms with Crippen molar-refractivity contribution in [1.82, 2.24) is 10.6 Å². The predicted molar refractivity (Wildman–Crippen MR) is 76.6 cm³/mol. The van der Waals surface area contributed by atoms with Crippen molar-refractivity contribution in [2.24, 2.45) is 0 Å². The third kappa shape index (κ3) is 3.68. The molecule has 0 aromatic heterocycles. The van der Waals surface area contributed by atoms with Crippen LogP contribution in [-0.4, -0.2) is 32.0 Å². The lowest BCUT2D eigenvalue weighted by atomic mass is 9.89. The van der Waals surface area contributed by atoms with E-state index in [9.17, 15) is 14.0 Å². The largest absolute Gasteiger partial charge is 0.354 e. The Balaban J connectivity index is 0.00000200. The van der Waals surface area contributed by atoms with Crippen LogP contribution in [0.25, 0.3) is 0 Å². The molecule has 1 aliphatic rings. The number of carbonyl (C=O) groups excluding carboxylic acids is 2. The molecule has 110 valence electrons. The summed E-state index contributed by atoms with van der Waals surface area (Å²) in [4.78, 5) is 23.6. The number of nitrogens with one attached hydrogen (secondary N) is 3. The van der Waals surface area contributed by atoms with E-state index in [1.54, 1.807) is 13.1 Å². The van der Waals surface area contributed by atoms with Gasteiger partial charge in [0.2, 0.25) is 11.8 Å². The van der Waals surface area contributed by atoms with Gasteiger partial charge in [0.1, 0.15) is 5.82 Å². The Kier molecular flexibility index (Phi) is 5.91. The summed E-state index contributed by atoms with van der Waals surface area (Å²) in [5.74, 6) is -1.47. The molecule has 0 saturated heterocycles. The second-order valence-corrected chi connectivity index (χ2v) is 4.43. The second-order valence-electron chi connectivity index (χ2n) is 4.43. The van der Waals surface area contributed by atoms with Gasteiger partial charge < -0.3 is 16.0 Å². The SMILES string of the molecule is CNCCNC(=O)C1CC(=O)Nc2cc(F)ccc21.Cl. The highest BCUT2D eigenvalue weighted by atomic mass is 35.5. The molecular formula is C13H17ClFN3O2. The van der Waals surface area contributed by atoms with Crippen LogP contribution in [0.5, 0.6) is 0 Å². The summed E-state index contributed by atoms with van der Waals surface area (Å²) >= 11 is 0. The lowest BCUT2D eigenvalue weighted by Gasteiger charge is -2.24. The number of halogens is 2. The van der Waals surface area contributed by atoms with Gasteiger partial charge in [0, 0.05) is 25.2 Å². The first-order valence-electron chi connectivity index (χ1n) is 6.13. The van der Waals surface area contributed by atoms with Crippen LogP contribution in [0.1, 0.15) is 17.9 Å². The van der Waals surface area contributed by atoms with Crippen LogP contribution in [0.4, 0.5) is 10.1 Å².